The molecule has 0 radical (unpaired) electrons. The molecule has 1 aliphatic heterocycles. The molecule has 0 saturated carbocycles. The number of nitrogens with one attached hydrogen (secondary N) is 2. The van der Waals surface area contributed by atoms with Crippen LogP contribution < -0.4 is 10.6 Å². The van der Waals surface area contributed by atoms with Crippen LogP contribution in [-0.4, -0.2) is 25.0 Å². The van der Waals surface area contributed by atoms with Gasteiger partial charge in [0.15, 0.2) is 0 Å². The van der Waals surface area contributed by atoms with Gasteiger partial charge >= 0.3 is 0 Å². The fraction of sp³-hybridized carbons (Fsp3) is 0.545. The maximum absolute atomic E-state index is 11.7. The lowest BCUT2D eigenvalue weighted by Crippen LogP contribution is -2.30. The highest BCUT2D eigenvalue weighted by atomic mass is 35.5. The van der Waals surface area contributed by atoms with Crippen LogP contribution in [0.3, 0.4) is 0 Å². The summed E-state index contributed by atoms with van der Waals surface area (Å²) in [7, 11) is 0. The zero-order valence-electron chi connectivity index (χ0n) is 8.96. The van der Waals surface area contributed by atoms with E-state index < -0.39 is 0 Å². The van der Waals surface area contributed by atoms with Crippen LogP contribution in [0.2, 0.25) is 4.34 Å². The topological polar surface area (TPSA) is 41.1 Å². The lowest BCUT2D eigenvalue weighted by molar-refractivity contribution is 0.0956. The Hall–Kier alpha value is -0.580. The fourth-order valence-corrected chi connectivity index (χ4v) is 2.85. The molecular formula is C11H15ClN2OS. The number of halogens is 1. The Morgan fingerprint density at radius 1 is 1.62 bits per heavy atom. The maximum Gasteiger partial charge on any atom is 0.261 e. The van der Waals surface area contributed by atoms with Gasteiger partial charge in [0, 0.05) is 12.6 Å². The molecule has 1 fully saturated rings. The molecule has 88 valence electrons. The molecule has 1 aromatic heterocycles. The summed E-state index contributed by atoms with van der Waals surface area (Å²) in [4.78, 5) is 12.3. The number of rotatable bonds is 4. The van der Waals surface area contributed by atoms with E-state index in [0.717, 1.165) is 19.5 Å². The van der Waals surface area contributed by atoms with Crippen LogP contribution in [0.4, 0.5) is 0 Å². The smallest absolute Gasteiger partial charge is 0.261 e. The molecule has 1 saturated heterocycles. The molecule has 2 rings (SSSR count). The first-order chi connectivity index (χ1) is 7.75. The van der Waals surface area contributed by atoms with E-state index in [9.17, 15) is 4.79 Å². The molecule has 0 aromatic carbocycles. The van der Waals surface area contributed by atoms with Gasteiger partial charge in [0.25, 0.3) is 5.91 Å². The highest BCUT2D eigenvalue weighted by Gasteiger charge is 2.14. The van der Waals surface area contributed by atoms with Gasteiger partial charge in [-0.2, -0.15) is 0 Å². The second-order valence-electron chi connectivity index (χ2n) is 3.94. The van der Waals surface area contributed by atoms with Crippen molar-refractivity contribution in [3.8, 4) is 0 Å². The van der Waals surface area contributed by atoms with Crippen LogP contribution in [0.25, 0.3) is 0 Å². The third kappa shape index (κ3) is 3.20. The average molecular weight is 259 g/mol. The lowest BCUT2D eigenvalue weighted by atomic mass is 10.1. The molecule has 0 bridgehead atoms. The summed E-state index contributed by atoms with van der Waals surface area (Å²) in [6.07, 6.45) is 3.48. The molecule has 1 atom stereocenters. The van der Waals surface area contributed by atoms with E-state index in [-0.39, 0.29) is 5.91 Å². The Balaban J connectivity index is 1.71. The predicted octanol–water partition coefficient (Wildman–Crippen LogP) is 2.27. The Labute approximate surface area is 104 Å². The molecule has 1 amide bonds. The third-order valence-corrected chi connectivity index (χ3v) is 3.97. The van der Waals surface area contributed by atoms with Crippen LogP contribution >= 0.6 is 22.9 Å². The van der Waals surface area contributed by atoms with Gasteiger partial charge in [-0.3, -0.25) is 4.79 Å². The normalized spacial score (nSPS) is 19.9. The number of carbonyl (C=O) groups excluding carboxylic acids is 1. The van der Waals surface area contributed by atoms with Crippen molar-refractivity contribution in [2.24, 2.45) is 0 Å². The number of thiophene rings is 1. The van der Waals surface area contributed by atoms with E-state index in [2.05, 4.69) is 10.6 Å². The van der Waals surface area contributed by atoms with Crippen LogP contribution in [0.5, 0.6) is 0 Å². The van der Waals surface area contributed by atoms with Crippen molar-refractivity contribution in [3.63, 3.8) is 0 Å². The monoisotopic (exact) mass is 258 g/mol. The quantitative estimate of drug-likeness (QED) is 0.870. The zero-order chi connectivity index (χ0) is 11.4. The summed E-state index contributed by atoms with van der Waals surface area (Å²) in [5.74, 6) is -0.0186. The van der Waals surface area contributed by atoms with Gasteiger partial charge in [-0.05, 0) is 37.9 Å². The van der Waals surface area contributed by atoms with E-state index in [1.54, 1.807) is 12.1 Å². The summed E-state index contributed by atoms with van der Waals surface area (Å²) >= 11 is 7.09. The summed E-state index contributed by atoms with van der Waals surface area (Å²) < 4.78 is 0.655. The Kier molecular flexibility index (Phi) is 4.21. The van der Waals surface area contributed by atoms with E-state index >= 15 is 0 Å². The van der Waals surface area contributed by atoms with Gasteiger partial charge in [-0.25, -0.2) is 0 Å². The molecule has 2 N–H and O–H groups in total. The SMILES string of the molecule is O=C(NCCC1CCCN1)c1ccc(Cl)s1. The Morgan fingerprint density at radius 3 is 3.12 bits per heavy atom. The van der Waals surface area contributed by atoms with Gasteiger partial charge in [-0.1, -0.05) is 11.6 Å². The maximum atomic E-state index is 11.7. The third-order valence-electron chi connectivity index (χ3n) is 2.74. The molecule has 1 aromatic rings. The molecule has 5 heteroatoms. The van der Waals surface area contributed by atoms with Gasteiger partial charge in [0.1, 0.15) is 0 Å². The summed E-state index contributed by atoms with van der Waals surface area (Å²) in [5, 5.41) is 6.32. The Bertz CT molecular complexity index is 361. The molecule has 3 nitrogen and oxygen atoms in total. The van der Waals surface area contributed by atoms with Crippen LogP contribution in [0, 0.1) is 0 Å². The molecule has 1 unspecified atom stereocenters. The number of carbonyl (C=O) groups is 1. The van der Waals surface area contributed by atoms with Crippen molar-refractivity contribution in [2.45, 2.75) is 25.3 Å². The largest absolute Gasteiger partial charge is 0.351 e. The summed E-state index contributed by atoms with van der Waals surface area (Å²) in [5.41, 5.74) is 0. The van der Waals surface area contributed by atoms with E-state index in [0.29, 0.717) is 15.3 Å². The number of hydrogen-bond acceptors (Lipinski definition) is 3. The highest BCUT2D eigenvalue weighted by Crippen LogP contribution is 2.21. The van der Waals surface area contributed by atoms with E-state index in [1.165, 1.54) is 24.2 Å². The van der Waals surface area contributed by atoms with Gasteiger partial charge in [-0.15, -0.1) is 11.3 Å². The molecule has 0 spiro atoms. The van der Waals surface area contributed by atoms with Crippen molar-refractivity contribution in [1.29, 1.82) is 0 Å². The minimum Gasteiger partial charge on any atom is -0.351 e. The highest BCUT2D eigenvalue weighted by molar-refractivity contribution is 7.17. The van der Waals surface area contributed by atoms with E-state index in [4.69, 9.17) is 11.6 Å². The van der Waals surface area contributed by atoms with Crippen molar-refractivity contribution in [1.82, 2.24) is 10.6 Å². The van der Waals surface area contributed by atoms with Crippen molar-refractivity contribution in [2.75, 3.05) is 13.1 Å². The molecular weight excluding hydrogens is 244 g/mol. The van der Waals surface area contributed by atoms with Crippen molar-refractivity contribution >= 4 is 28.8 Å². The summed E-state index contributed by atoms with van der Waals surface area (Å²) in [6, 6.07) is 4.09. The fourth-order valence-electron chi connectivity index (χ4n) is 1.89. The second kappa shape index (κ2) is 5.66. The summed E-state index contributed by atoms with van der Waals surface area (Å²) in [6.45, 7) is 1.84. The van der Waals surface area contributed by atoms with Gasteiger partial charge in [0.2, 0.25) is 0 Å². The van der Waals surface area contributed by atoms with Crippen LogP contribution in [0.15, 0.2) is 12.1 Å². The molecule has 0 aliphatic carbocycles. The lowest BCUT2D eigenvalue weighted by Gasteiger charge is -2.09. The molecule has 2 heterocycles. The number of hydrogen-bond donors (Lipinski definition) is 2. The predicted molar refractivity (Wildman–Crippen MR) is 67.3 cm³/mol. The zero-order valence-corrected chi connectivity index (χ0v) is 10.5. The first-order valence-corrected chi connectivity index (χ1v) is 6.72. The second-order valence-corrected chi connectivity index (χ2v) is 5.66. The van der Waals surface area contributed by atoms with Gasteiger partial charge < -0.3 is 10.6 Å². The van der Waals surface area contributed by atoms with Gasteiger partial charge in [0.05, 0.1) is 9.21 Å². The number of amides is 1. The molecule has 1 aliphatic rings. The van der Waals surface area contributed by atoms with Crippen molar-refractivity contribution < 1.29 is 4.79 Å². The van der Waals surface area contributed by atoms with E-state index in [1.807, 2.05) is 0 Å². The minimum absolute atomic E-state index is 0.0186. The Morgan fingerprint density at radius 2 is 2.50 bits per heavy atom. The van der Waals surface area contributed by atoms with Crippen LogP contribution in [-0.2, 0) is 0 Å². The average Bonchev–Trinajstić information content (AvgIpc) is 2.89. The van der Waals surface area contributed by atoms with Crippen molar-refractivity contribution in [3.05, 3.63) is 21.3 Å². The molecule has 16 heavy (non-hydrogen) atoms. The first-order valence-electron chi connectivity index (χ1n) is 5.52. The van der Waals surface area contributed by atoms with Crippen LogP contribution in [0.1, 0.15) is 28.9 Å². The standard InChI is InChI=1S/C11H15ClN2OS/c12-10-4-3-9(16-10)11(15)14-7-5-8-2-1-6-13-8/h3-4,8,13H,1-2,5-7H2,(H,14,15). The minimum atomic E-state index is -0.0186. The first kappa shape index (κ1) is 11.9.